The monoisotopic (exact) mass is 614 g/mol. The fourth-order valence-corrected chi connectivity index (χ4v) is 5.43. The second-order valence-electron chi connectivity index (χ2n) is 14.1. The van der Waals surface area contributed by atoms with E-state index in [1.807, 2.05) is 50.2 Å². The van der Waals surface area contributed by atoms with Crippen molar-refractivity contribution in [3.05, 3.63) is 66.2 Å². The van der Waals surface area contributed by atoms with Gasteiger partial charge in [0, 0.05) is 13.0 Å². The van der Waals surface area contributed by atoms with Gasteiger partial charge in [-0.2, -0.15) is 0 Å². The molecule has 1 fully saturated rings. The molecule has 1 aliphatic heterocycles. The zero-order valence-electron chi connectivity index (χ0n) is 28.4. The summed E-state index contributed by atoms with van der Waals surface area (Å²) in [5.74, 6) is 0.822. The average Bonchev–Trinajstić information content (AvgIpc) is 2.95. The molecule has 2 aromatic rings. The molecule has 1 saturated heterocycles. The van der Waals surface area contributed by atoms with Crippen LogP contribution in [0.3, 0.4) is 0 Å². The van der Waals surface area contributed by atoms with E-state index in [1.54, 1.807) is 0 Å². The molecule has 44 heavy (non-hydrogen) atoms. The van der Waals surface area contributed by atoms with Crippen molar-refractivity contribution in [2.45, 2.75) is 123 Å². The van der Waals surface area contributed by atoms with Crippen LogP contribution in [0.5, 0.6) is 5.75 Å². The van der Waals surface area contributed by atoms with E-state index in [9.17, 15) is 5.11 Å². The molecule has 0 aromatic heterocycles. The molecule has 0 amide bonds. The highest BCUT2D eigenvalue weighted by Crippen LogP contribution is 2.41. The van der Waals surface area contributed by atoms with Crippen molar-refractivity contribution in [3.63, 3.8) is 0 Å². The lowest BCUT2D eigenvalue weighted by molar-refractivity contribution is -0.195. The van der Waals surface area contributed by atoms with E-state index >= 15 is 0 Å². The van der Waals surface area contributed by atoms with E-state index in [1.165, 1.54) is 5.56 Å². The summed E-state index contributed by atoms with van der Waals surface area (Å²) in [6, 6.07) is 20.4. The Bertz CT molecular complexity index is 1050. The van der Waals surface area contributed by atoms with Crippen molar-refractivity contribution in [3.8, 4) is 5.75 Å². The van der Waals surface area contributed by atoms with Crippen molar-refractivity contribution >= 4 is 0 Å². The molecule has 4 atom stereocenters. The Morgan fingerprint density at radius 2 is 1.52 bits per heavy atom. The fourth-order valence-electron chi connectivity index (χ4n) is 5.43. The highest BCUT2D eigenvalue weighted by molar-refractivity contribution is 5.21. The SMILES string of the molecule is CC(C)OC(COCC1OCC1O)CC(C)(C)C(C)(C)OC(COc1ccccc1)CC(C)(C)OCCCc1ccccc1. The van der Waals surface area contributed by atoms with Crippen molar-refractivity contribution in [2.75, 3.05) is 33.0 Å². The van der Waals surface area contributed by atoms with Gasteiger partial charge in [0.25, 0.3) is 0 Å². The van der Waals surface area contributed by atoms with Crippen LogP contribution in [0.15, 0.2) is 60.7 Å². The second kappa shape index (κ2) is 17.1. The first-order valence-electron chi connectivity index (χ1n) is 16.3. The minimum atomic E-state index is -0.521. The Hall–Kier alpha value is -2.00. The third-order valence-electron chi connectivity index (χ3n) is 8.63. The van der Waals surface area contributed by atoms with Crippen LogP contribution in [-0.2, 0) is 30.1 Å². The van der Waals surface area contributed by atoms with Crippen LogP contribution in [0.1, 0.15) is 80.2 Å². The van der Waals surface area contributed by atoms with Crippen molar-refractivity contribution in [2.24, 2.45) is 5.41 Å². The van der Waals surface area contributed by atoms with Crippen LogP contribution in [0.2, 0.25) is 0 Å². The van der Waals surface area contributed by atoms with Crippen molar-refractivity contribution < 1.29 is 33.5 Å². The molecule has 0 radical (unpaired) electrons. The predicted molar refractivity (Wildman–Crippen MR) is 175 cm³/mol. The van der Waals surface area contributed by atoms with Gasteiger partial charge in [0.1, 0.15) is 24.6 Å². The number of hydrogen-bond donors (Lipinski definition) is 1. The van der Waals surface area contributed by atoms with E-state index in [-0.39, 0.29) is 29.8 Å². The summed E-state index contributed by atoms with van der Waals surface area (Å²) in [6.07, 6.45) is 2.39. The van der Waals surface area contributed by atoms with Gasteiger partial charge >= 0.3 is 0 Å². The van der Waals surface area contributed by atoms with Gasteiger partial charge < -0.3 is 33.5 Å². The molecule has 248 valence electrons. The summed E-state index contributed by atoms with van der Waals surface area (Å²) in [6.45, 7) is 19.4. The number of aryl methyl sites for hydroxylation is 1. The average molecular weight is 615 g/mol. The van der Waals surface area contributed by atoms with Crippen LogP contribution >= 0.6 is 0 Å². The number of para-hydroxylation sites is 1. The standard InChI is InChI=1S/C37H58O7/c1-28(2)43-31(24-39-27-34-33(38)26-41-34)22-35(3,4)37(7,8)44-32(25-40-30-19-13-10-14-20-30)23-36(5,6)42-21-15-18-29-16-11-9-12-17-29/h9-14,16-17,19-20,28,31-34,38H,15,18,21-27H2,1-8H3. The van der Waals surface area contributed by atoms with Gasteiger partial charge in [-0.05, 0) is 83.9 Å². The van der Waals surface area contributed by atoms with Gasteiger partial charge in [-0.3, -0.25) is 0 Å². The third-order valence-corrected chi connectivity index (χ3v) is 8.63. The lowest BCUT2D eigenvalue weighted by Crippen LogP contribution is -2.50. The number of benzene rings is 2. The molecule has 2 aromatic carbocycles. The first-order valence-corrected chi connectivity index (χ1v) is 16.3. The molecule has 0 saturated carbocycles. The van der Waals surface area contributed by atoms with E-state index < -0.39 is 17.3 Å². The zero-order chi connectivity index (χ0) is 32.2. The van der Waals surface area contributed by atoms with Gasteiger partial charge in [0.2, 0.25) is 0 Å². The van der Waals surface area contributed by atoms with Gasteiger partial charge in [-0.1, -0.05) is 62.4 Å². The Labute approximate surface area is 266 Å². The van der Waals surface area contributed by atoms with Gasteiger partial charge in [0.15, 0.2) is 0 Å². The van der Waals surface area contributed by atoms with Gasteiger partial charge in [-0.25, -0.2) is 0 Å². The fraction of sp³-hybridized carbons (Fsp3) is 0.676. The number of aliphatic hydroxyl groups excluding tert-OH is 1. The summed E-state index contributed by atoms with van der Waals surface area (Å²) in [7, 11) is 0. The molecule has 0 spiro atoms. The Morgan fingerprint density at radius 1 is 0.864 bits per heavy atom. The molecule has 1 aliphatic rings. The van der Waals surface area contributed by atoms with Crippen LogP contribution in [0.25, 0.3) is 0 Å². The van der Waals surface area contributed by atoms with E-state index in [4.69, 9.17) is 28.4 Å². The molecule has 0 bridgehead atoms. The lowest BCUT2D eigenvalue weighted by Gasteiger charge is -2.46. The molecule has 3 rings (SSSR count). The number of rotatable bonds is 21. The smallest absolute Gasteiger partial charge is 0.119 e. The predicted octanol–water partition coefficient (Wildman–Crippen LogP) is 7.03. The highest BCUT2D eigenvalue weighted by atomic mass is 16.6. The summed E-state index contributed by atoms with van der Waals surface area (Å²) < 4.78 is 37.3. The highest BCUT2D eigenvalue weighted by Gasteiger charge is 2.43. The number of hydrogen-bond acceptors (Lipinski definition) is 7. The third kappa shape index (κ3) is 12.4. The molecule has 4 unspecified atom stereocenters. The van der Waals surface area contributed by atoms with Crippen molar-refractivity contribution in [1.82, 2.24) is 0 Å². The van der Waals surface area contributed by atoms with Gasteiger partial charge in [0.05, 0.1) is 49.3 Å². The molecular weight excluding hydrogens is 556 g/mol. The lowest BCUT2D eigenvalue weighted by atomic mass is 9.73. The molecule has 0 aliphatic carbocycles. The Kier molecular flexibility index (Phi) is 14.1. The maximum absolute atomic E-state index is 9.83. The Morgan fingerprint density at radius 3 is 2.11 bits per heavy atom. The summed E-state index contributed by atoms with van der Waals surface area (Å²) in [5.41, 5.74) is 0.142. The first-order chi connectivity index (χ1) is 20.8. The van der Waals surface area contributed by atoms with Crippen LogP contribution in [-0.4, -0.2) is 79.9 Å². The van der Waals surface area contributed by atoms with E-state index in [0.717, 1.165) is 25.0 Å². The topological polar surface area (TPSA) is 75.6 Å². The maximum Gasteiger partial charge on any atom is 0.119 e. The van der Waals surface area contributed by atoms with Crippen LogP contribution < -0.4 is 4.74 Å². The van der Waals surface area contributed by atoms with Crippen LogP contribution in [0, 0.1) is 5.41 Å². The zero-order valence-corrected chi connectivity index (χ0v) is 28.4. The number of aliphatic hydroxyl groups is 1. The van der Waals surface area contributed by atoms with Crippen LogP contribution in [0.4, 0.5) is 0 Å². The first kappa shape index (κ1) is 36.5. The summed E-state index contributed by atoms with van der Waals surface area (Å²) in [4.78, 5) is 0. The molecule has 7 nitrogen and oxygen atoms in total. The second-order valence-corrected chi connectivity index (χ2v) is 14.1. The van der Waals surface area contributed by atoms with E-state index in [2.05, 4.69) is 65.8 Å². The molecular formula is C37H58O7. The van der Waals surface area contributed by atoms with Crippen molar-refractivity contribution in [1.29, 1.82) is 0 Å². The molecule has 1 N–H and O–H groups in total. The number of ether oxygens (including phenoxy) is 6. The quantitative estimate of drug-likeness (QED) is 0.151. The summed E-state index contributed by atoms with van der Waals surface area (Å²) >= 11 is 0. The molecule has 7 heteroatoms. The minimum Gasteiger partial charge on any atom is -0.491 e. The maximum atomic E-state index is 9.83. The largest absolute Gasteiger partial charge is 0.491 e. The Balaban J connectivity index is 1.63. The van der Waals surface area contributed by atoms with Gasteiger partial charge in [-0.15, -0.1) is 0 Å². The van der Waals surface area contributed by atoms with E-state index in [0.29, 0.717) is 39.5 Å². The molecule has 1 heterocycles. The minimum absolute atomic E-state index is 0.0563. The summed E-state index contributed by atoms with van der Waals surface area (Å²) in [5, 5.41) is 9.83. The normalized spacial score (nSPS) is 19.0.